The monoisotopic (exact) mass is 496 g/mol. The molecule has 3 aromatic heterocycles. The van der Waals surface area contributed by atoms with E-state index in [2.05, 4.69) is 15.6 Å². The number of anilines is 2. The average molecular weight is 497 g/mol. The van der Waals surface area contributed by atoms with Crippen molar-refractivity contribution in [3.8, 4) is 11.7 Å². The second kappa shape index (κ2) is 9.09. The molecule has 8 nitrogen and oxygen atoms in total. The zero-order valence-electron chi connectivity index (χ0n) is 19.7. The van der Waals surface area contributed by atoms with Crippen LogP contribution >= 0.6 is 11.3 Å². The van der Waals surface area contributed by atoms with E-state index in [4.69, 9.17) is 9.97 Å². The number of aromatic nitrogens is 4. The summed E-state index contributed by atoms with van der Waals surface area (Å²) >= 11 is 1.39. The fourth-order valence-corrected chi connectivity index (χ4v) is 5.30. The Kier molecular flexibility index (Phi) is 5.61. The maximum Gasteiger partial charge on any atom is 0.275 e. The van der Waals surface area contributed by atoms with Crippen LogP contribution in [0.5, 0.6) is 5.75 Å². The highest BCUT2D eigenvalue weighted by Gasteiger charge is 2.22. The number of hydrogen-bond acceptors (Lipinski definition) is 7. The van der Waals surface area contributed by atoms with Crippen LogP contribution in [0, 0.1) is 6.92 Å². The van der Waals surface area contributed by atoms with Crippen molar-refractivity contribution in [1.29, 1.82) is 0 Å². The number of hydrogen-bond donors (Lipinski definition) is 3. The first-order chi connectivity index (χ1) is 17.6. The summed E-state index contributed by atoms with van der Waals surface area (Å²) in [5, 5.41) is 18.9. The van der Waals surface area contributed by atoms with Crippen LogP contribution in [-0.2, 0) is 19.4 Å². The molecule has 0 atom stereocenters. The third-order valence-electron chi connectivity index (χ3n) is 6.43. The van der Waals surface area contributed by atoms with Crippen LogP contribution in [0.2, 0.25) is 0 Å². The number of thiazole rings is 1. The number of carbonyl (C=O) groups excluding carboxylic acids is 1. The minimum Gasteiger partial charge on any atom is -0.508 e. The topological polar surface area (TPSA) is 105 Å². The van der Waals surface area contributed by atoms with Gasteiger partial charge in [-0.2, -0.15) is 4.98 Å². The largest absolute Gasteiger partial charge is 0.508 e. The summed E-state index contributed by atoms with van der Waals surface area (Å²) < 4.78 is 2.03. The molecule has 0 aliphatic heterocycles. The van der Waals surface area contributed by atoms with Crippen molar-refractivity contribution in [2.45, 2.75) is 32.7 Å². The predicted octanol–water partition coefficient (Wildman–Crippen LogP) is 5.24. The first-order valence-corrected chi connectivity index (χ1v) is 12.7. The number of aryl methyl sites for hydroxylation is 2. The van der Waals surface area contributed by atoms with E-state index in [-0.39, 0.29) is 11.7 Å². The molecule has 6 rings (SSSR count). The number of benzene rings is 2. The molecule has 3 N–H and O–H groups in total. The van der Waals surface area contributed by atoms with Gasteiger partial charge in [0, 0.05) is 28.6 Å². The molecule has 0 radical (unpaired) electrons. The number of aromatic hydroxyl groups is 1. The quantitative estimate of drug-likeness (QED) is 0.297. The van der Waals surface area contributed by atoms with Gasteiger partial charge in [0.05, 0.1) is 22.4 Å². The smallest absolute Gasteiger partial charge is 0.275 e. The second-order valence-corrected chi connectivity index (χ2v) is 9.58. The van der Waals surface area contributed by atoms with E-state index in [0.29, 0.717) is 18.2 Å². The molecule has 5 aromatic rings. The Morgan fingerprint density at radius 1 is 1.14 bits per heavy atom. The summed E-state index contributed by atoms with van der Waals surface area (Å²) in [7, 11) is 0. The van der Waals surface area contributed by atoms with Gasteiger partial charge in [0.25, 0.3) is 5.91 Å². The lowest BCUT2D eigenvalue weighted by atomic mass is 10.2. The van der Waals surface area contributed by atoms with E-state index in [0.717, 1.165) is 64.2 Å². The number of phenols is 1. The van der Waals surface area contributed by atoms with Gasteiger partial charge in [-0.1, -0.05) is 18.2 Å². The van der Waals surface area contributed by atoms with Gasteiger partial charge in [-0.25, -0.2) is 9.97 Å². The van der Waals surface area contributed by atoms with E-state index in [9.17, 15) is 9.90 Å². The van der Waals surface area contributed by atoms with E-state index >= 15 is 0 Å². The molecule has 180 valence electrons. The highest BCUT2D eigenvalue weighted by molar-refractivity contribution is 7.07. The van der Waals surface area contributed by atoms with Crippen LogP contribution in [0.4, 0.5) is 11.5 Å². The minimum atomic E-state index is -0.235. The molecule has 0 fully saturated rings. The Bertz CT molecular complexity index is 1590. The number of fused-ring (bicyclic) bond motifs is 2. The normalized spacial score (nSPS) is 12.6. The molecule has 1 aliphatic rings. The Morgan fingerprint density at radius 2 is 2.03 bits per heavy atom. The minimum absolute atomic E-state index is 0.235. The maximum absolute atomic E-state index is 12.6. The van der Waals surface area contributed by atoms with Crippen LogP contribution in [0.15, 0.2) is 59.4 Å². The van der Waals surface area contributed by atoms with Crippen molar-refractivity contribution < 1.29 is 9.90 Å². The van der Waals surface area contributed by atoms with Gasteiger partial charge in [-0.15, -0.1) is 11.3 Å². The van der Waals surface area contributed by atoms with E-state index in [1.165, 1.54) is 11.3 Å². The lowest BCUT2D eigenvalue weighted by Crippen LogP contribution is -2.12. The molecule has 1 aliphatic carbocycles. The SMILES string of the molecule is Cc1cc2c(NC(=O)c3cscn3)cccc2n1-c1nc2c(c(NCc3cccc(O)c3)n1)CCC2. The number of carbonyl (C=O) groups is 1. The van der Waals surface area contributed by atoms with Crippen LogP contribution < -0.4 is 10.6 Å². The summed E-state index contributed by atoms with van der Waals surface area (Å²) in [5.74, 6) is 1.44. The molecule has 0 saturated carbocycles. The molecule has 0 bridgehead atoms. The lowest BCUT2D eigenvalue weighted by molar-refractivity contribution is 0.102. The molecule has 36 heavy (non-hydrogen) atoms. The number of phenolic OH excluding ortho intramolecular Hbond substituents is 1. The van der Waals surface area contributed by atoms with Crippen molar-refractivity contribution in [1.82, 2.24) is 19.5 Å². The molecular formula is C27H24N6O2S. The number of nitrogens with one attached hydrogen (secondary N) is 2. The van der Waals surface area contributed by atoms with Gasteiger partial charge in [-0.3, -0.25) is 9.36 Å². The first-order valence-electron chi connectivity index (χ1n) is 11.8. The van der Waals surface area contributed by atoms with Gasteiger partial charge >= 0.3 is 0 Å². The van der Waals surface area contributed by atoms with Crippen LogP contribution in [0.3, 0.4) is 0 Å². The van der Waals surface area contributed by atoms with Crippen molar-refractivity contribution in [3.63, 3.8) is 0 Å². The molecule has 3 heterocycles. The van der Waals surface area contributed by atoms with Gasteiger partial charge in [-0.05, 0) is 62.1 Å². The van der Waals surface area contributed by atoms with Gasteiger partial charge in [0.1, 0.15) is 17.3 Å². The third kappa shape index (κ3) is 4.07. The summed E-state index contributed by atoms with van der Waals surface area (Å²) in [6.07, 6.45) is 2.90. The predicted molar refractivity (Wildman–Crippen MR) is 141 cm³/mol. The van der Waals surface area contributed by atoms with E-state index in [1.807, 2.05) is 47.9 Å². The Labute approximate surface area is 211 Å². The molecule has 9 heteroatoms. The zero-order chi connectivity index (χ0) is 24.6. The molecule has 0 spiro atoms. The second-order valence-electron chi connectivity index (χ2n) is 8.86. The highest BCUT2D eigenvalue weighted by atomic mass is 32.1. The third-order valence-corrected chi connectivity index (χ3v) is 7.02. The Hall–Kier alpha value is -4.24. The molecule has 0 saturated heterocycles. The Morgan fingerprint density at radius 3 is 2.86 bits per heavy atom. The first kappa shape index (κ1) is 22.2. The van der Waals surface area contributed by atoms with Gasteiger partial charge < -0.3 is 15.7 Å². The van der Waals surface area contributed by atoms with E-state index < -0.39 is 0 Å². The van der Waals surface area contributed by atoms with E-state index in [1.54, 1.807) is 23.0 Å². The Balaban J connectivity index is 1.38. The summed E-state index contributed by atoms with van der Waals surface area (Å²) in [6.45, 7) is 2.57. The van der Waals surface area contributed by atoms with Crippen molar-refractivity contribution in [3.05, 3.63) is 87.6 Å². The number of nitrogens with zero attached hydrogens (tertiary/aromatic N) is 4. The van der Waals surface area contributed by atoms with Crippen molar-refractivity contribution in [2.24, 2.45) is 0 Å². The summed E-state index contributed by atoms with van der Waals surface area (Å²) in [6, 6.07) is 15.1. The van der Waals surface area contributed by atoms with Gasteiger partial charge in [0.2, 0.25) is 5.95 Å². The zero-order valence-corrected chi connectivity index (χ0v) is 20.5. The number of rotatable bonds is 6. The molecule has 1 amide bonds. The van der Waals surface area contributed by atoms with Crippen LogP contribution in [0.25, 0.3) is 16.9 Å². The average Bonchev–Trinajstić information content (AvgIpc) is 3.62. The maximum atomic E-state index is 12.6. The highest BCUT2D eigenvalue weighted by Crippen LogP contribution is 2.32. The van der Waals surface area contributed by atoms with Crippen molar-refractivity contribution >= 4 is 39.7 Å². The van der Waals surface area contributed by atoms with Crippen molar-refractivity contribution in [2.75, 3.05) is 10.6 Å². The molecular weight excluding hydrogens is 472 g/mol. The summed E-state index contributed by atoms with van der Waals surface area (Å²) in [4.78, 5) is 26.6. The standard InChI is InChI=1S/C27H24N6O2S/c1-16-11-20-22(30-26(35)23-14-36-15-29-23)9-4-10-24(20)33(16)27-31-21-8-3-7-19(21)25(32-27)28-13-17-5-2-6-18(34)12-17/h2,4-6,9-12,14-15,34H,3,7-8,13H2,1H3,(H,30,35)(H,28,31,32). The summed E-state index contributed by atoms with van der Waals surface area (Å²) in [5.41, 5.74) is 7.85. The molecule has 2 aromatic carbocycles. The molecule has 0 unspecified atom stereocenters. The lowest BCUT2D eigenvalue weighted by Gasteiger charge is -2.14. The van der Waals surface area contributed by atoms with Crippen LogP contribution in [0.1, 0.15) is 39.4 Å². The van der Waals surface area contributed by atoms with Crippen LogP contribution in [-0.4, -0.2) is 30.5 Å². The number of amides is 1. The fraction of sp³-hybridized carbons (Fsp3) is 0.185. The fourth-order valence-electron chi connectivity index (χ4n) is 4.77. The van der Waals surface area contributed by atoms with Gasteiger partial charge in [0.15, 0.2) is 0 Å².